The Balaban J connectivity index is 2.20. The van der Waals surface area contributed by atoms with Crippen molar-refractivity contribution >= 4 is 9.84 Å². The Bertz CT molecular complexity index is 336. The molecule has 2 bridgehead atoms. The van der Waals surface area contributed by atoms with Crippen LogP contribution in [0.1, 0.15) is 33.1 Å². The second kappa shape index (κ2) is 3.74. The molecule has 2 aliphatic rings. The molecule has 0 radical (unpaired) electrons. The van der Waals surface area contributed by atoms with Crippen molar-refractivity contribution in [2.24, 2.45) is 11.8 Å². The minimum Gasteiger partial charge on any atom is -0.317 e. The van der Waals surface area contributed by atoms with E-state index in [0.29, 0.717) is 17.9 Å². The predicted octanol–water partition coefficient (Wildman–Crippen LogP) is 1.20. The maximum Gasteiger partial charge on any atom is 0.155 e. The van der Waals surface area contributed by atoms with Gasteiger partial charge in [-0.05, 0) is 52.0 Å². The lowest BCUT2D eigenvalue weighted by Crippen LogP contribution is -2.43. The molecule has 2 saturated carbocycles. The van der Waals surface area contributed by atoms with Gasteiger partial charge in [0.1, 0.15) is 0 Å². The summed E-state index contributed by atoms with van der Waals surface area (Å²) >= 11 is 0. The van der Waals surface area contributed by atoms with Crippen molar-refractivity contribution in [3.63, 3.8) is 0 Å². The number of fused-ring (bicyclic) bond motifs is 2. The average Bonchev–Trinajstić information content (AvgIpc) is 2.75. The molecule has 2 rings (SSSR count). The second-order valence-electron chi connectivity index (χ2n) is 5.31. The molecule has 2 fully saturated rings. The van der Waals surface area contributed by atoms with Crippen LogP contribution in [0.3, 0.4) is 0 Å². The molecular weight excluding hydrogens is 210 g/mol. The van der Waals surface area contributed by atoms with Crippen LogP contribution in [-0.2, 0) is 9.84 Å². The fraction of sp³-hybridized carbons (Fsp3) is 1.00. The van der Waals surface area contributed by atoms with Crippen LogP contribution in [0.4, 0.5) is 0 Å². The number of rotatable bonds is 3. The molecule has 0 amide bonds. The Hall–Kier alpha value is -0.0900. The van der Waals surface area contributed by atoms with Gasteiger partial charge in [0.15, 0.2) is 9.84 Å². The Kier molecular flexibility index (Phi) is 2.84. The van der Waals surface area contributed by atoms with Crippen molar-refractivity contribution < 1.29 is 8.42 Å². The zero-order chi connectivity index (χ0) is 11.2. The molecule has 0 aromatic carbocycles. The molecule has 4 unspecified atom stereocenters. The van der Waals surface area contributed by atoms with Gasteiger partial charge in [0.05, 0.1) is 10.5 Å². The molecule has 15 heavy (non-hydrogen) atoms. The summed E-state index contributed by atoms with van der Waals surface area (Å²) in [6.07, 6.45) is 3.19. The number of sulfone groups is 1. The largest absolute Gasteiger partial charge is 0.317 e. The zero-order valence-electron chi connectivity index (χ0n) is 9.73. The summed E-state index contributed by atoms with van der Waals surface area (Å²) in [5.74, 6) is 1.01. The van der Waals surface area contributed by atoms with Gasteiger partial charge in [-0.2, -0.15) is 0 Å². The Morgan fingerprint density at radius 2 is 1.87 bits per heavy atom. The van der Waals surface area contributed by atoms with Crippen LogP contribution < -0.4 is 5.32 Å². The first kappa shape index (κ1) is 11.4. The van der Waals surface area contributed by atoms with E-state index in [0.717, 1.165) is 12.8 Å². The average molecular weight is 231 g/mol. The maximum absolute atomic E-state index is 12.2. The third-order valence-electron chi connectivity index (χ3n) is 4.20. The quantitative estimate of drug-likeness (QED) is 0.794. The van der Waals surface area contributed by atoms with Crippen LogP contribution in [-0.4, -0.2) is 32.0 Å². The summed E-state index contributed by atoms with van der Waals surface area (Å²) in [4.78, 5) is 0. The Morgan fingerprint density at radius 3 is 2.33 bits per heavy atom. The van der Waals surface area contributed by atoms with Gasteiger partial charge in [-0.3, -0.25) is 0 Å². The molecule has 4 heteroatoms. The SMILES string of the molecule is CNC1CC2CC1C(S(=O)(=O)C(C)C)C2. The van der Waals surface area contributed by atoms with Crippen LogP contribution in [0.25, 0.3) is 0 Å². The monoisotopic (exact) mass is 231 g/mol. The van der Waals surface area contributed by atoms with E-state index in [4.69, 9.17) is 0 Å². The van der Waals surface area contributed by atoms with Crippen LogP contribution in [0.2, 0.25) is 0 Å². The lowest BCUT2D eigenvalue weighted by Gasteiger charge is -2.30. The third kappa shape index (κ3) is 1.72. The van der Waals surface area contributed by atoms with E-state index in [2.05, 4.69) is 5.32 Å². The zero-order valence-corrected chi connectivity index (χ0v) is 10.5. The molecule has 0 aromatic heterocycles. The molecule has 88 valence electrons. The van der Waals surface area contributed by atoms with Crippen molar-refractivity contribution in [1.82, 2.24) is 5.32 Å². The lowest BCUT2D eigenvalue weighted by atomic mass is 9.95. The van der Waals surface area contributed by atoms with E-state index in [1.807, 2.05) is 7.05 Å². The maximum atomic E-state index is 12.2. The highest BCUT2D eigenvalue weighted by Gasteiger charge is 2.51. The van der Waals surface area contributed by atoms with Gasteiger partial charge in [0.2, 0.25) is 0 Å². The number of nitrogens with one attached hydrogen (secondary N) is 1. The Labute approximate surface area is 92.6 Å². The summed E-state index contributed by atoms with van der Waals surface area (Å²) in [6, 6.07) is 0.433. The topological polar surface area (TPSA) is 46.2 Å². The summed E-state index contributed by atoms with van der Waals surface area (Å²) in [6.45, 7) is 3.60. The van der Waals surface area contributed by atoms with Crippen LogP contribution in [0, 0.1) is 11.8 Å². The minimum atomic E-state index is -2.89. The van der Waals surface area contributed by atoms with Gasteiger partial charge in [0.25, 0.3) is 0 Å². The molecule has 2 aliphatic carbocycles. The molecule has 0 saturated heterocycles. The third-order valence-corrected chi connectivity index (χ3v) is 6.90. The summed E-state index contributed by atoms with van der Waals surface area (Å²) < 4.78 is 24.3. The lowest BCUT2D eigenvalue weighted by molar-refractivity contribution is 0.368. The van der Waals surface area contributed by atoms with Crippen LogP contribution >= 0.6 is 0 Å². The smallest absolute Gasteiger partial charge is 0.155 e. The van der Waals surface area contributed by atoms with Gasteiger partial charge in [-0.1, -0.05) is 0 Å². The van der Waals surface area contributed by atoms with E-state index >= 15 is 0 Å². The standard InChI is InChI=1S/C11H21NO2S/c1-7(2)15(13,14)11-6-8-4-9(11)10(5-8)12-3/h7-12H,4-6H2,1-3H3. The predicted molar refractivity (Wildman–Crippen MR) is 61.5 cm³/mol. The van der Waals surface area contributed by atoms with Crippen molar-refractivity contribution in [3.05, 3.63) is 0 Å². The fourth-order valence-corrected chi connectivity index (χ4v) is 5.37. The van der Waals surface area contributed by atoms with Gasteiger partial charge in [-0.15, -0.1) is 0 Å². The summed E-state index contributed by atoms with van der Waals surface area (Å²) in [5.41, 5.74) is 0. The molecule has 0 spiro atoms. The molecule has 3 nitrogen and oxygen atoms in total. The first-order chi connectivity index (χ1) is 6.96. The number of hydrogen-bond acceptors (Lipinski definition) is 3. The molecule has 0 heterocycles. The van der Waals surface area contributed by atoms with E-state index in [1.165, 1.54) is 6.42 Å². The molecule has 4 atom stereocenters. The highest BCUT2D eigenvalue weighted by atomic mass is 32.2. The summed E-state index contributed by atoms with van der Waals surface area (Å²) in [5, 5.41) is 2.97. The molecular formula is C11H21NO2S. The van der Waals surface area contributed by atoms with Crippen LogP contribution in [0.5, 0.6) is 0 Å². The van der Waals surface area contributed by atoms with E-state index in [-0.39, 0.29) is 10.5 Å². The first-order valence-electron chi connectivity index (χ1n) is 5.86. The summed E-state index contributed by atoms with van der Waals surface area (Å²) in [7, 11) is -0.942. The van der Waals surface area contributed by atoms with Crippen molar-refractivity contribution in [1.29, 1.82) is 0 Å². The van der Waals surface area contributed by atoms with E-state index < -0.39 is 9.84 Å². The minimum absolute atomic E-state index is 0.0753. The van der Waals surface area contributed by atoms with E-state index in [9.17, 15) is 8.42 Å². The number of hydrogen-bond donors (Lipinski definition) is 1. The highest BCUT2D eigenvalue weighted by molar-refractivity contribution is 7.92. The van der Waals surface area contributed by atoms with Gasteiger partial charge in [-0.25, -0.2) is 8.42 Å². The highest BCUT2D eigenvalue weighted by Crippen LogP contribution is 2.48. The van der Waals surface area contributed by atoms with Crippen LogP contribution in [0.15, 0.2) is 0 Å². The van der Waals surface area contributed by atoms with Gasteiger partial charge >= 0.3 is 0 Å². The van der Waals surface area contributed by atoms with Crippen molar-refractivity contribution in [2.75, 3.05) is 7.05 Å². The molecule has 0 aromatic rings. The van der Waals surface area contributed by atoms with Gasteiger partial charge in [0, 0.05) is 6.04 Å². The fourth-order valence-electron chi connectivity index (χ4n) is 3.35. The van der Waals surface area contributed by atoms with Gasteiger partial charge < -0.3 is 5.32 Å². The first-order valence-corrected chi connectivity index (χ1v) is 7.47. The molecule has 1 N–H and O–H groups in total. The Morgan fingerprint density at radius 1 is 1.20 bits per heavy atom. The van der Waals surface area contributed by atoms with E-state index in [1.54, 1.807) is 13.8 Å². The van der Waals surface area contributed by atoms with Crippen molar-refractivity contribution in [2.45, 2.75) is 49.7 Å². The normalized spacial score (nSPS) is 40.3. The van der Waals surface area contributed by atoms with Crippen molar-refractivity contribution in [3.8, 4) is 0 Å². The molecule has 0 aliphatic heterocycles. The second-order valence-corrected chi connectivity index (χ2v) is 8.03.